The lowest BCUT2D eigenvalue weighted by Crippen LogP contribution is -2.16. The van der Waals surface area contributed by atoms with Gasteiger partial charge < -0.3 is 14.6 Å². The molecular formula is C7H12O3S. The first-order valence-electron chi connectivity index (χ1n) is 3.62. The molecule has 0 aromatic rings. The molecule has 0 spiro atoms. The Labute approximate surface area is 71.3 Å². The fraction of sp³-hybridized carbons (Fsp3) is 0.857. The Morgan fingerprint density at radius 1 is 1.82 bits per heavy atom. The van der Waals surface area contributed by atoms with E-state index in [0.717, 1.165) is 6.42 Å². The summed E-state index contributed by atoms with van der Waals surface area (Å²) >= 11 is 4.77. The lowest BCUT2D eigenvalue weighted by molar-refractivity contribution is 0.0528. The number of rotatable bonds is 2. The molecule has 1 saturated heterocycles. The van der Waals surface area contributed by atoms with Crippen LogP contribution in [0, 0.1) is 0 Å². The van der Waals surface area contributed by atoms with Crippen LogP contribution in [0.3, 0.4) is 0 Å². The van der Waals surface area contributed by atoms with E-state index in [4.69, 9.17) is 26.8 Å². The van der Waals surface area contributed by atoms with Crippen LogP contribution in [0.5, 0.6) is 0 Å². The first-order valence-corrected chi connectivity index (χ1v) is 4.03. The van der Waals surface area contributed by atoms with Gasteiger partial charge in [0.1, 0.15) is 6.10 Å². The maximum Gasteiger partial charge on any atom is 0.157 e. The highest BCUT2D eigenvalue weighted by Crippen LogP contribution is 2.15. The van der Waals surface area contributed by atoms with Gasteiger partial charge in [-0.15, -0.1) is 0 Å². The Hall–Kier alpha value is -0.190. The van der Waals surface area contributed by atoms with Crippen molar-refractivity contribution in [2.24, 2.45) is 0 Å². The van der Waals surface area contributed by atoms with Crippen molar-refractivity contribution in [2.75, 3.05) is 13.2 Å². The molecule has 11 heavy (non-hydrogen) atoms. The SMILES string of the molecule is CC(=S)OC1COC(CO)C1. The standard InChI is InChI=1S/C7H12O3S/c1-5(11)10-7-2-6(3-8)9-4-7/h6-8H,2-4H2,1H3. The van der Waals surface area contributed by atoms with Gasteiger partial charge in [0.25, 0.3) is 0 Å². The monoisotopic (exact) mass is 176 g/mol. The first kappa shape index (κ1) is 8.90. The molecule has 1 heterocycles. The van der Waals surface area contributed by atoms with Crippen LogP contribution in [0.2, 0.25) is 0 Å². The summed E-state index contributed by atoms with van der Waals surface area (Å²) in [6.07, 6.45) is 0.726. The molecule has 0 saturated carbocycles. The third-order valence-electron chi connectivity index (χ3n) is 1.58. The molecule has 1 aliphatic heterocycles. The number of hydrogen-bond acceptors (Lipinski definition) is 4. The van der Waals surface area contributed by atoms with Crippen molar-refractivity contribution in [3.8, 4) is 0 Å². The van der Waals surface area contributed by atoms with Gasteiger partial charge >= 0.3 is 0 Å². The first-order chi connectivity index (χ1) is 5.22. The van der Waals surface area contributed by atoms with Gasteiger partial charge in [0.15, 0.2) is 5.05 Å². The smallest absolute Gasteiger partial charge is 0.157 e. The second kappa shape index (κ2) is 3.99. The molecule has 4 heteroatoms. The van der Waals surface area contributed by atoms with Gasteiger partial charge in [0.2, 0.25) is 0 Å². The molecule has 0 aromatic heterocycles. The van der Waals surface area contributed by atoms with Crippen LogP contribution in [-0.4, -0.2) is 35.6 Å². The number of aliphatic hydroxyl groups excluding tert-OH is 1. The lowest BCUT2D eigenvalue weighted by atomic mass is 10.2. The van der Waals surface area contributed by atoms with Crippen molar-refractivity contribution in [1.82, 2.24) is 0 Å². The van der Waals surface area contributed by atoms with E-state index in [0.29, 0.717) is 11.7 Å². The highest BCUT2D eigenvalue weighted by Gasteiger charge is 2.25. The van der Waals surface area contributed by atoms with Crippen molar-refractivity contribution < 1.29 is 14.6 Å². The van der Waals surface area contributed by atoms with Crippen LogP contribution in [-0.2, 0) is 9.47 Å². The maximum atomic E-state index is 8.70. The van der Waals surface area contributed by atoms with E-state index in [-0.39, 0.29) is 18.8 Å². The van der Waals surface area contributed by atoms with Gasteiger partial charge in [-0.2, -0.15) is 0 Å². The number of thiocarbonyl (C=S) groups is 1. The van der Waals surface area contributed by atoms with Crippen LogP contribution in [0.15, 0.2) is 0 Å². The van der Waals surface area contributed by atoms with Crippen molar-refractivity contribution in [2.45, 2.75) is 25.6 Å². The zero-order chi connectivity index (χ0) is 8.27. The Morgan fingerprint density at radius 3 is 3.00 bits per heavy atom. The Bertz CT molecular complexity index is 149. The van der Waals surface area contributed by atoms with Crippen molar-refractivity contribution >= 4 is 17.3 Å². The molecule has 1 aliphatic rings. The normalized spacial score (nSPS) is 30.4. The van der Waals surface area contributed by atoms with Crippen molar-refractivity contribution in [1.29, 1.82) is 0 Å². The highest BCUT2D eigenvalue weighted by atomic mass is 32.1. The summed E-state index contributed by atoms with van der Waals surface area (Å²) in [5, 5.41) is 9.24. The summed E-state index contributed by atoms with van der Waals surface area (Å²) in [6.45, 7) is 2.34. The molecule has 0 radical (unpaired) electrons. The highest BCUT2D eigenvalue weighted by molar-refractivity contribution is 7.80. The summed E-state index contributed by atoms with van der Waals surface area (Å²) < 4.78 is 10.4. The van der Waals surface area contributed by atoms with E-state index in [2.05, 4.69) is 0 Å². The molecule has 1 N–H and O–H groups in total. The largest absolute Gasteiger partial charge is 0.482 e. The molecule has 2 unspecified atom stereocenters. The van der Waals surface area contributed by atoms with Gasteiger partial charge in [-0.3, -0.25) is 0 Å². The molecule has 0 amide bonds. The summed E-state index contributed by atoms with van der Waals surface area (Å²) in [4.78, 5) is 0. The van der Waals surface area contributed by atoms with Gasteiger partial charge in [-0.1, -0.05) is 0 Å². The average Bonchev–Trinajstić information content (AvgIpc) is 2.34. The van der Waals surface area contributed by atoms with E-state index in [1.165, 1.54) is 0 Å². The number of ether oxygens (including phenoxy) is 2. The quantitative estimate of drug-likeness (QED) is 0.622. The summed E-state index contributed by atoms with van der Waals surface area (Å²) in [5.41, 5.74) is 0. The predicted octanol–water partition coefficient (Wildman–Crippen LogP) is 0.500. The molecule has 1 rings (SSSR count). The zero-order valence-corrected chi connectivity index (χ0v) is 7.26. The minimum absolute atomic E-state index is 0.0460. The Kier molecular flexibility index (Phi) is 3.23. The third-order valence-corrected chi connectivity index (χ3v) is 1.68. The fourth-order valence-electron chi connectivity index (χ4n) is 1.12. The van der Waals surface area contributed by atoms with Gasteiger partial charge in [0, 0.05) is 13.3 Å². The van der Waals surface area contributed by atoms with Crippen molar-refractivity contribution in [3.05, 3.63) is 0 Å². The van der Waals surface area contributed by atoms with E-state index in [1.807, 2.05) is 0 Å². The number of aliphatic hydroxyl groups is 1. The molecule has 0 bridgehead atoms. The molecule has 2 atom stereocenters. The minimum Gasteiger partial charge on any atom is -0.482 e. The molecule has 3 nitrogen and oxygen atoms in total. The summed E-state index contributed by atoms with van der Waals surface area (Å²) in [7, 11) is 0. The van der Waals surface area contributed by atoms with E-state index < -0.39 is 0 Å². The minimum atomic E-state index is -0.0608. The van der Waals surface area contributed by atoms with Crippen LogP contribution < -0.4 is 0 Å². The zero-order valence-electron chi connectivity index (χ0n) is 6.45. The molecular weight excluding hydrogens is 164 g/mol. The van der Waals surface area contributed by atoms with Crippen LogP contribution in [0.1, 0.15) is 13.3 Å². The fourth-order valence-corrected chi connectivity index (χ4v) is 1.25. The molecule has 0 aromatic carbocycles. The van der Waals surface area contributed by atoms with Crippen LogP contribution in [0.4, 0.5) is 0 Å². The van der Waals surface area contributed by atoms with E-state index >= 15 is 0 Å². The van der Waals surface area contributed by atoms with Crippen LogP contribution >= 0.6 is 12.2 Å². The van der Waals surface area contributed by atoms with E-state index in [9.17, 15) is 0 Å². The van der Waals surface area contributed by atoms with Crippen LogP contribution in [0.25, 0.3) is 0 Å². The Balaban J connectivity index is 2.24. The van der Waals surface area contributed by atoms with Gasteiger partial charge in [0.05, 0.1) is 19.3 Å². The Morgan fingerprint density at radius 2 is 2.55 bits per heavy atom. The van der Waals surface area contributed by atoms with E-state index in [1.54, 1.807) is 6.92 Å². The average molecular weight is 176 g/mol. The molecule has 1 fully saturated rings. The lowest BCUT2D eigenvalue weighted by Gasteiger charge is -2.08. The molecule has 0 aliphatic carbocycles. The van der Waals surface area contributed by atoms with Gasteiger partial charge in [-0.05, 0) is 12.2 Å². The maximum absolute atomic E-state index is 8.70. The molecule has 64 valence electrons. The third kappa shape index (κ3) is 2.73. The topological polar surface area (TPSA) is 38.7 Å². The van der Waals surface area contributed by atoms with Crippen molar-refractivity contribution in [3.63, 3.8) is 0 Å². The van der Waals surface area contributed by atoms with Gasteiger partial charge in [-0.25, -0.2) is 0 Å². The summed E-state index contributed by atoms with van der Waals surface area (Å²) in [6, 6.07) is 0. The second-order valence-electron chi connectivity index (χ2n) is 2.61. The predicted molar refractivity (Wildman–Crippen MR) is 44.6 cm³/mol. The number of hydrogen-bond donors (Lipinski definition) is 1. The summed E-state index contributed by atoms with van der Waals surface area (Å²) in [5.74, 6) is 0. The second-order valence-corrected chi connectivity index (χ2v) is 3.18.